The molecule has 0 spiro atoms. The molecule has 0 radical (unpaired) electrons. The van der Waals surface area contributed by atoms with Crippen LogP contribution in [0.4, 0.5) is 0 Å². The number of hydrogen-bond donors (Lipinski definition) is 2. The minimum atomic E-state index is -0.339. The molecule has 3 N–H and O–H groups in total. The second kappa shape index (κ2) is 3.68. The topological polar surface area (TPSA) is 72.5 Å². The maximum atomic E-state index is 6.36. The van der Waals surface area contributed by atoms with E-state index in [4.69, 9.17) is 5.73 Å². The van der Waals surface area contributed by atoms with Crippen molar-refractivity contribution < 1.29 is 0 Å². The quantitative estimate of drug-likeness (QED) is 0.864. The van der Waals surface area contributed by atoms with Crippen molar-refractivity contribution in [3.05, 3.63) is 23.9 Å². The number of aromatic nitrogens is 4. The summed E-state index contributed by atoms with van der Waals surface area (Å²) >= 11 is 0. The highest BCUT2D eigenvalue weighted by molar-refractivity contribution is 5.60. The molecule has 0 aliphatic heterocycles. The van der Waals surface area contributed by atoms with E-state index in [1.54, 1.807) is 0 Å². The van der Waals surface area contributed by atoms with Crippen molar-refractivity contribution in [3.8, 4) is 11.3 Å². The van der Waals surface area contributed by atoms with Crippen molar-refractivity contribution in [2.45, 2.75) is 32.2 Å². The third kappa shape index (κ3) is 1.75. The Labute approximate surface area is 106 Å². The number of imidazole rings is 1. The van der Waals surface area contributed by atoms with Crippen LogP contribution in [-0.2, 0) is 12.6 Å². The monoisotopic (exact) mass is 245 g/mol. The molecule has 0 amide bonds. The van der Waals surface area contributed by atoms with Crippen LogP contribution in [0.15, 0.2) is 12.4 Å². The molecule has 0 bridgehead atoms. The van der Waals surface area contributed by atoms with E-state index in [-0.39, 0.29) is 5.54 Å². The van der Waals surface area contributed by atoms with Crippen LogP contribution < -0.4 is 5.73 Å². The van der Waals surface area contributed by atoms with Gasteiger partial charge in [0.25, 0.3) is 0 Å². The van der Waals surface area contributed by atoms with E-state index in [1.807, 2.05) is 31.0 Å². The fourth-order valence-corrected chi connectivity index (χ4v) is 2.47. The third-order valence-electron chi connectivity index (χ3n) is 3.82. The molecule has 3 rings (SSSR count). The van der Waals surface area contributed by atoms with Crippen molar-refractivity contribution in [2.75, 3.05) is 0 Å². The summed E-state index contributed by atoms with van der Waals surface area (Å²) < 4.78 is 1.81. The van der Waals surface area contributed by atoms with Gasteiger partial charge in [0.05, 0.1) is 23.1 Å². The number of aryl methyl sites for hydroxylation is 2. The van der Waals surface area contributed by atoms with Gasteiger partial charge in [-0.1, -0.05) is 0 Å². The van der Waals surface area contributed by atoms with E-state index in [1.165, 1.54) is 12.8 Å². The first kappa shape index (κ1) is 11.5. The fraction of sp³-hybridized carbons (Fsp3) is 0.538. The van der Waals surface area contributed by atoms with Gasteiger partial charge in [0.15, 0.2) is 0 Å². The normalized spacial score (nSPS) is 18.9. The smallest absolute Gasteiger partial charge is 0.126 e. The lowest BCUT2D eigenvalue weighted by atomic mass is 9.97. The lowest BCUT2D eigenvalue weighted by Crippen LogP contribution is -2.36. The summed E-state index contributed by atoms with van der Waals surface area (Å²) in [6, 6.07) is 0. The molecule has 1 aliphatic rings. The Morgan fingerprint density at radius 1 is 1.50 bits per heavy atom. The van der Waals surface area contributed by atoms with Crippen LogP contribution in [0.3, 0.4) is 0 Å². The van der Waals surface area contributed by atoms with Crippen LogP contribution in [0.1, 0.15) is 31.3 Å². The second-order valence-corrected chi connectivity index (χ2v) is 5.50. The van der Waals surface area contributed by atoms with Gasteiger partial charge in [-0.3, -0.25) is 4.68 Å². The number of aromatic amines is 1. The molecular formula is C13H19N5. The molecule has 1 unspecified atom stereocenters. The Morgan fingerprint density at radius 2 is 2.22 bits per heavy atom. The minimum absolute atomic E-state index is 0.339. The van der Waals surface area contributed by atoms with E-state index >= 15 is 0 Å². The lowest BCUT2D eigenvalue weighted by Gasteiger charge is -2.21. The molecule has 1 saturated carbocycles. The third-order valence-corrected chi connectivity index (χ3v) is 3.82. The molecule has 96 valence electrons. The number of rotatable bonds is 3. The molecule has 1 fully saturated rings. The molecule has 0 aromatic carbocycles. The Hall–Kier alpha value is -1.62. The highest BCUT2D eigenvalue weighted by Gasteiger charge is 2.41. The van der Waals surface area contributed by atoms with Crippen LogP contribution in [-0.4, -0.2) is 19.7 Å². The summed E-state index contributed by atoms with van der Waals surface area (Å²) in [6.45, 7) is 4.06. The van der Waals surface area contributed by atoms with Gasteiger partial charge in [-0.2, -0.15) is 5.10 Å². The van der Waals surface area contributed by atoms with Crippen molar-refractivity contribution in [1.82, 2.24) is 19.7 Å². The van der Waals surface area contributed by atoms with Crippen molar-refractivity contribution in [2.24, 2.45) is 18.7 Å². The molecule has 18 heavy (non-hydrogen) atoms. The first-order chi connectivity index (χ1) is 8.48. The van der Waals surface area contributed by atoms with Crippen molar-refractivity contribution in [1.29, 1.82) is 0 Å². The van der Waals surface area contributed by atoms with Gasteiger partial charge >= 0.3 is 0 Å². The zero-order chi connectivity index (χ0) is 12.9. The van der Waals surface area contributed by atoms with Gasteiger partial charge in [0.2, 0.25) is 0 Å². The van der Waals surface area contributed by atoms with E-state index < -0.39 is 0 Å². The molecule has 0 saturated heterocycles. The molecule has 5 heteroatoms. The Morgan fingerprint density at radius 3 is 2.78 bits per heavy atom. The van der Waals surface area contributed by atoms with Crippen molar-refractivity contribution in [3.63, 3.8) is 0 Å². The fourth-order valence-electron chi connectivity index (χ4n) is 2.47. The number of nitrogens with two attached hydrogens (primary N) is 1. The number of nitrogens with one attached hydrogen (secondary N) is 1. The molecule has 1 atom stereocenters. The summed E-state index contributed by atoms with van der Waals surface area (Å²) in [5.74, 6) is 1.44. The van der Waals surface area contributed by atoms with Crippen LogP contribution in [0.5, 0.6) is 0 Å². The van der Waals surface area contributed by atoms with Crippen molar-refractivity contribution >= 4 is 0 Å². The maximum absolute atomic E-state index is 6.36. The van der Waals surface area contributed by atoms with Crippen LogP contribution in [0.2, 0.25) is 0 Å². The van der Waals surface area contributed by atoms with E-state index in [9.17, 15) is 0 Å². The highest BCUT2D eigenvalue weighted by Crippen LogP contribution is 2.43. The van der Waals surface area contributed by atoms with Crippen LogP contribution >= 0.6 is 0 Å². The maximum Gasteiger partial charge on any atom is 0.126 e. The van der Waals surface area contributed by atoms with Gasteiger partial charge in [0, 0.05) is 18.8 Å². The van der Waals surface area contributed by atoms with Gasteiger partial charge in [-0.25, -0.2) is 4.98 Å². The highest BCUT2D eigenvalue weighted by atomic mass is 15.2. The first-order valence-corrected chi connectivity index (χ1v) is 6.33. The molecule has 2 heterocycles. The number of hydrogen-bond acceptors (Lipinski definition) is 3. The zero-order valence-corrected chi connectivity index (χ0v) is 11.1. The summed E-state index contributed by atoms with van der Waals surface area (Å²) in [5.41, 5.74) is 9.10. The average molecular weight is 245 g/mol. The van der Waals surface area contributed by atoms with Gasteiger partial charge < -0.3 is 10.7 Å². The lowest BCUT2D eigenvalue weighted by molar-refractivity contribution is 0.404. The second-order valence-electron chi connectivity index (χ2n) is 5.50. The standard InChI is InChI=1S/C13H19N5/c1-8-10(7-18(3)17-8)11-6-15-12(16-11)13(2,14)9-4-5-9/h6-7,9H,4-5,14H2,1-3H3,(H,15,16). The van der Waals surface area contributed by atoms with Crippen LogP contribution in [0, 0.1) is 12.8 Å². The summed E-state index contributed by atoms with van der Waals surface area (Å²) in [4.78, 5) is 7.81. The SMILES string of the molecule is Cc1nn(C)cc1-c1cnc(C(C)(N)C2CC2)[nH]1. The minimum Gasteiger partial charge on any atom is -0.340 e. The van der Waals surface area contributed by atoms with Gasteiger partial charge in [-0.15, -0.1) is 0 Å². The van der Waals surface area contributed by atoms with E-state index in [0.29, 0.717) is 5.92 Å². The van der Waals surface area contributed by atoms with Gasteiger partial charge in [-0.05, 0) is 32.6 Å². The average Bonchev–Trinajstić information content (AvgIpc) is 2.95. The Balaban J connectivity index is 1.96. The summed E-state index contributed by atoms with van der Waals surface area (Å²) in [6.07, 6.45) is 6.26. The Bertz CT molecular complexity index is 574. The number of nitrogens with zero attached hydrogens (tertiary/aromatic N) is 3. The summed E-state index contributed by atoms with van der Waals surface area (Å²) in [7, 11) is 1.92. The zero-order valence-electron chi connectivity index (χ0n) is 11.1. The predicted molar refractivity (Wildman–Crippen MR) is 69.8 cm³/mol. The first-order valence-electron chi connectivity index (χ1n) is 6.33. The van der Waals surface area contributed by atoms with Gasteiger partial charge in [0.1, 0.15) is 5.82 Å². The molecule has 1 aliphatic carbocycles. The largest absolute Gasteiger partial charge is 0.340 e. The number of H-pyrrole nitrogens is 1. The molecule has 2 aromatic heterocycles. The van der Waals surface area contributed by atoms with Crippen LogP contribution in [0.25, 0.3) is 11.3 Å². The Kier molecular flexibility index (Phi) is 2.35. The van der Waals surface area contributed by atoms with E-state index in [2.05, 4.69) is 22.0 Å². The molecular weight excluding hydrogens is 226 g/mol. The molecule has 2 aromatic rings. The predicted octanol–water partition coefficient (Wildman–Crippen LogP) is 1.70. The molecule has 5 nitrogen and oxygen atoms in total. The van der Waals surface area contributed by atoms with E-state index in [0.717, 1.165) is 22.8 Å². The summed E-state index contributed by atoms with van der Waals surface area (Å²) in [5, 5.41) is 4.34.